The molecule has 0 radical (unpaired) electrons. The second-order valence-electron chi connectivity index (χ2n) is 4.59. The lowest BCUT2D eigenvalue weighted by atomic mass is 10.1. The summed E-state index contributed by atoms with van der Waals surface area (Å²) < 4.78 is 5.45. The average molecular weight is 234 g/mol. The van der Waals surface area contributed by atoms with Crippen LogP contribution in [-0.4, -0.2) is 43.8 Å². The first-order valence-electron chi connectivity index (χ1n) is 6.46. The Morgan fingerprint density at radius 1 is 1.29 bits per heavy atom. The van der Waals surface area contributed by atoms with Gasteiger partial charge >= 0.3 is 0 Å². The van der Waals surface area contributed by atoms with E-state index in [0.29, 0.717) is 12.6 Å². The predicted molar refractivity (Wildman–Crippen MR) is 70.0 cm³/mol. The molecule has 0 saturated carbocycles. The highest BCUT2D eigenvalue weighted by Gasteiger charge is 2.20. The van der Waals surface area contributed by atoms with Gasteiger partial charge in [-0.05, 0) is 24.9 Å². The second-order valence-corrected chi connectivity index (χ2v) is 4.59. The van der Waals surface area contributed by atoms with Gasteiger partial charge < -0.3 is 10.5 Å². The molecule has 1 saturated heterocycles. The Bertz CT molecular complexity index is 315. The molecule has 1 unspecified atom stereocenters. The van der Waals surface area contributed by atoms with Crippen molar-refractivity contribution in [3.8, 4) is 0 Å². The number of hydrogen-bond donors (Lipinski definition) is 1. The van der Waals surface area contributed by atoms with Gasteiger partial charge in [0.25, 0.3) is 0 Å². The van der Waals surface area contributed by atoms with Crippen LogP contribution in [0.15, 0.2) is 30.3 Å². The van der Waals surface area contributed by atoms with Crippen molar-refractivity contribution in [3.63, 3.8) is 0 Å². The minimum absolute atomic E-state index is 0.416. The highest BCUT2D eigenvalue weighted by atomic mass is 16.5. The van der Waals surface area contributed by atoms with Crippen molar-refractivity contribution in [2.24, 2.45) is 5.73 Å². The van der Waals surface area contributed by atoms with E-state index in [1.807, 2.05) is 0 Å². The molecule has 1 heterocycles. The van der Waals surface area contributed by atoms with Crippen LogP contribution in [0.5, 0.6) is 0 Å². The average Bonchev–Trinajstić information content (AvgIpc) is 2.40. The lowest BCUT2D eigenvalue weighted by molar-refractivity contribution is -0.00415. The smallest absolute Gasteiger partial charge is 0.0634 e. The van der Waals surface area contributed by atoms with E-state index < -0.39 is 0 Å². The van der Waals surface area contributed by atoms with Crippen LogP contribution in [0.25, 0.3) is 0 Å². The number of benzene rings is 1. The van der Waals surface area contributed by atoms with Crippen LogP contribution in [0.4, 0.5) is 0 Å². The Morgan fingerprint density at radius 3 is 2.88 bits per heavy atom. The van der Waals surface area contributed by atoms with Crippen molar-refractivity contribution in [1.82, 2.24) is 4.90 Å². The molecule has 1 atom stereocenters. The molecule has 94 valence electrons. The monoisotopic (exact) mass is 234 g/mol. The van der Waals surface area contributed by atoms with Crippen LogP contribution in [0.1, 0.15) is 12.0 Å². The van der Waals surface area contributed by atoms with Gasteiger partial charge in [0.15, 0.2) is 0 Å². The molecule has 3 heteroatoms. The van der Waals surface area contributed by atoms with E-state index in [0.717, 1.165) is 32.7 Å². The van der Waals surface area contributed by atoms with E-state index in [9.17, 15) is 0 Å². The summed E-state index contributed by atoms with van der Waals surface area (Å²) in [7, 11) is 0. The summed E-state index contributed by atoms with van der Waals surface area (Å²) in [5.74, 6) is 0. The number of rotatable bonds is 5. The number of morpholine rings is 1. The van der Waals surface area contributed by atoms with Gasteiger partial charge in [-0.3, -0.25) is 4.90 Å². The standard InChI is InChI=1S/C14H22N2O/c15-11-14-12-17-10-9-16(14)8-4-7-13-5-2-1-3-6-13/h1-3,5-6,14H,4,7-12,15H2. The van der Waals surface area contributed by atoms with Gasteiger partial charge in [0.1, 0.15) is 0 Å². The van der Waals surface area contributed by atoms with Crippen molar-refractivity contribution < 1.29 is 4.74 Å². The summed E-state index contributed by atoms with van der Waals surface area (Å²) >= 11 is 0. The third-order valence-corrected chi connectivity index (χ3v) is 3.38. The van der Waals surface area contributed by atoms with E-state index >= 15 is 0 Å². The van der Waals surface area contributed by atoms with Crippen molar-refractivity contribution in [1.29, 1.82) is 0 Å². The summed E-state index contributed by atoms with van der Waals surface area (Å²) in [5.41, 5.74) is 7.18. The van der Waals surface area contributed by atoms with E-state index in [-0.39, 0.29) is 0 Å². The molecule has 3 nitrogen and oxygen atoms in total. The van der Waals surface area contributed by atoms with Gasteiger partial charge in [-0.25, -0.2) is 0 Å². The molecule has 1 fully saturated rings. The maximum atomic E-state index is 5.75. The summed E-state index contributed by atoms with van der Waals surface area (Å²) in [5, 5.41) is 0. The molecular weight excluding hydrogens is 212 g/mol. The van der Waals surface area contributed by atoms with Gasteiger partial charge in [0, 0.05) is 19.1 Å². The molecule has 0 aromatic heterocycles. The Morgan fingerprint density at radius 2 is 2.12 bits per heavy atom. The quantitative estimate of drug-likeness (QED) is 0.834. The fourth-order valence-electron chi connectivity index (χ4n) is 2.33. The van der Waals surface area contributed by atoms with E-state index in [4.69, 9.17) is 10.5 Å². The maximum Gasteiger partial charge on any atom is 0.0634 e. The molecule has 1 aromatic carbocycles. The number of nitrogens with zero attached hydrogens (tertiary/aromatic N) is 1. The summed E-state index contributed by atoms with van der Waals surface area (Å²) in [6.07, 6.45) is 2.34. The van der Waals surface area contributed by atoms with Gasteiger partial charge in [-0.2, -0.15) is 0 Å². The highest BCUT2D eigenvalue weighted by Crippen LogP contribution is 2.09. The number of ether oxygens (including phenoxy) is 1. The molecule has 1 aliphatic heterocycles. The zero-order valence-corrected chi connectivity index (χ0v) is 10.3. The Balaban J connectivity index is 1.74. The van der Waals surface area contributed by atoms with Crippen molar-refractivity contribution >= 4 is 0 Å². The highest BCUT2D eigenvalue weighted by molar-refractivity contribution is 5.14. The Labute approximate surface area is 104 Å². The lowest BCUT2D eigenvalue weighted by Gasteiger charge is -2.34. The summed E-state index contributed by atoms with van der Waals surface area (Å²) in [6.45, 7) is 4.49. The first-order valence-corrected chi connectivity index (χ1v) is 6.46. The zero-order chi connectivity index (χ0) is 11.9. The van der Waals surface area contributed by atoms with Gasteiger partial charge in [-0.1, -0.05) is 30.3 Å². The first-order chi connectivity index (χ1) is 8.40. The number of aryl methyl sites for hydroxylation is 1. The SMILES string of the molecule is NCC1COCCN1CCCc1ccccc1. The maximum absolute atomic E-state index is 5.75. The molecule has 17 heavy (non-hydrogen) atoms. The van der Waals surface area contributed by atoms with E-state index in [1.165, 1.54) is 12.0 Å². The van der Waals surface area contributed by atoms with Crippen molar-refractivity contribution in [3.05, 3.63) is 35.9 Å². The summed E-state index contributed by atoms with van der Waals surface area (Å²) in [6, 6.07) is 11.1. The molecule has 1 aliphatic rings. The van der Waals surface area contributed by atoms with Crippen molar-refractivity contribution in [2.75, 3.05) is 32.8 Å². The normalized spacial score (nSPS) is 21.6. The zero-order valence-electron chi connectivity index (χ0n) is 10.3. The predicted octanol–water partition coefficient (Wildman–Crippen LogP) is 1.28. The minimum atomic E-state index is 0.416. The fraction of sp³-hybridized carbons (Fsp3) is 0.571. The van der Waals surface area contributed by atoms with Crippen LogP contribution in [-0.2, 0) is 11.2 Å². The van der Waals surface area contributed by atoms with Crippen LogP contribution in [0.2, 0.25) is 0 Å². The minimum Gasteiger partial charge on any atom is -0.378 e. The second kappa shape index (κ2) is 6.74. The third-order valence-electron chi connectivity index (χ3n) is 3.38. The largest absolute Gasteiger partial charge is 0.378 e. The van der Waals surface area contributed by atoms with Crippen molar-refractivity contribution in [2.45, 2.75) is 18.9 Å². The van der Waals surface area contributed by atoms with E-state index in [1.54, 1.807) is 0 Å². The molecule has 0 bridgehead atoms. The Kier molecular flexibility index (Phi) is 4.98. The molecular formula is C14H22N2O. The fourth-order valence-corrected chi connectivity index (χ4v) is 2.33. The Hall–Kier alpha value is -0.900. The van der Waals surface area contributed by atoms with E-state index in [2.05, 4.69) is 35.2 Å². The van der Waals surface area contributed by atoms with Gasteiger partial charge in [0.05, 0.1) is 13.2 Å². The lowest BCUT2D eigenvalue weighted by Crippen LogP contribution is -2.49. The molecule has 0 aliphatic carbocycles. The van der Waals surface area contributed by atoms with Gasteiger partial charge in [0.2, 0.25) is 0 Å². The molecule has 2 rings (SSSR count). The first kappa shape index (κ1) is 12.6. The van der Waals surface area contributed by atoms with Crippen LogP contribution in [0.3, 0.4) is 0 Å². The van der Waals surface area contributed by atoms with Crippen LogP contribution >= 0.6 is 0 Å². The molecule has 0 amide bonds. The molecule has 1 aromatic rings. The molecule has 0 spiro atoms. The molecule has 2 N–H and O–H groups in total. The van der Waals surface area contributed by atoms with Crippen LogP contribution in [0, 0.1) is 0 Å². The topological polar surface area (TPSA) is 38.5 Å². The van der Waals surface area contributed by atoms with Gasteiger partial charge in [-0.15, -0.1) is 0 Å². The number of hydrogen-bond acceptors (Lipinski definition) is 3. The van der Waals surface area contributed by atoms with Crippen LogP contribution < -0.4 is 5.73 Å². The number of nitrogens with two attached hydrogens (primary N) is 1. The summed E-state index contributed by atoms with van der Waals surface area (Å²) in [4.78, 5) is 2.46. The third kappa shape index (κ3) is 3.80.